The third-order valence-electron chi connectivity index (χ3n) is 4.93. The van der Waals surface area contributed by atoms with Gasteiger partial charge in [-0.15, -0.1) is 0 Å². The fourth-order valence-electron chi connectivity index (χ4n) is 3.24. The summed E-state index contributed by atoms with van der Waals surface area (Å²) >= 11 is 0. The van der Waals surface area contributed by atoms with Crippen molar-refractivity contribution in [2.24, 2.45) is 0 Å². The van der Waals surface area contributed by atoms with E-state index in [1.807, 2.05) is 35.6 Å². The van der Waals surface area contributed by atoms with Gasteiger partial charge < -0.3 is 21.4 Å². The second kappa shape index (κ2) is 8.44. The van der Waals surface area contributed by atoms with Crippen LogP contribution < -0.4 is 21.4 Å². The minimum atomic E-state index is -2.62. The molecule has 3 rings (SSSR count). The molecule has 2 heterocycles. The van der Waals surface area contributed by atoms with E-state index >= 15 is 0 Å². The Morgan fingerprint density at radius 2 is 2.00 bits per heavy atom. The fourth-order valence-corrected chi connectivity index (χ4v) is 3.24. The van der Waals surface area contributed by atoms with Crippen molar-refractivity contribution in [3.63, 3.8) is 0 Å². The van der Waals surface area contributed by atoms with Crippen LogP contribution in [0.15, 0.2) is 36.8 Å². The lowest BCUT2D eigenvalue weighted by Gasteiger charge is -2.32. The van der Waals surface area contributed by atoms with Gasteiger partial charge in [-0.1, -0.05) is 6.07 Å². The Hall–Kier alpha value is -3.20. The number of aromatic nitrogens is 2. The third kappa shape index (κ3) is 4.62. The summed E-state index contributed by atoms with van der Waals surface area (Å²) in [5.74, 6) is -2.06. The Labute approximate surface area is 167 Å². The Kier molecular flexibility index (Phi) is 5.97. The second-order valence-electron chi connectivity index (χ2n) is 6.92. The van der Waals surface area contributed by atoms with Gasteiger partial charge in [0.25, 0.3) is 5.92 Å². The first-order valence-electron chi connectivity index (χ1n) is 9.32. The molecular weight excluding hydrogens is 376 g/mol. The van der Waals surface area contributed by atoms with Gasteiger partial charge >= 0.3 is 0 Å². The highest BCUT2D eigenvalue weighted by Crippen LogP contribution is 2.30. The molecule has 1 aromatic carbocycles. The fraction of sp³-hybridized carbons (Fsp3) is 0.300. The highest BCUT2D eigenvalue weighted by Gasteiger charge is 2.34. The maximum atomic E-state index is 13.4. The van der Waals surface area contributed by atoms with Gasteiger partial charge in [0.15, 0.2) is 0 Å². The average molecular weight is 401 g/mol. The van der Waals surface area contributed by atoms with E-state index in [1.54, 1.807) is 12.1 Å². The molecule has 2 aromatic rings. The topological polar surface area (TPSA) is 121 Å². The van der Waals surface area contributed by atoms with Gasteiger partial charge in [-0.05, 0) is 17.7 Å². The van der Waals surface area contributed by atoms with E-state index in [0.29, 0.717) is 28.5 Å². The molecule has 1 aliphatic rings. The molecule has 0 unspecified atom stereocenters. The lowest BCUT2D eigenvalue weighted by Crippen LogP contribution is -2.72. The van der Waals surface area contributed by atoms with Crippen LogP contribution in [0.25, 0.3) is 5.57 Å². The zero-order chi connectivity index (χ0) is 21.0. The number of nitrogens with one attached hydrogen (secondary N) is 1. The molecular formula is C20H25F2N7+2. The molecule has 0 amide bonds. The van der Waals surface area contributed by atoms with Crippen LogP contribution in [0.2, 0.25) is 0 Å². The normalized spacial score (nSPS) is 16.5. The Morgan fingerprint density at radius 1 is 1.28 bits per heavy atom. The van der Waals surface area contributed by atoms with Crippen molar-refractivity contribution in [1.29, 1.82) is 5.41 Å². The number of benzene rings is 1. The number of hydrogen-bond donors (Lipinski definition) is 4. The van der Waals surface area contributed by atoms with Crippen molar-refractivity contribution in [3.05, 3.63) is 53.6 Å². The number of anilines is 2. The first-order chi connectivity index (χ1) is 13.8. The monoisotopic (exact) mass is 401 g/mol. The molecule has 9 heteroatoms. The van der Waals surface area contributed by atoms with Gasteiger partial charge in [-0.2, -0.15) is 0 Å². The molecule has 1 saturated heterocycles. The first-order valence-corrected chi connectivity index (χ1v) is 9.32. The minimum Gasteiger partial charge on any atom is -0.398 e. The molecule has 0 saturated carbocycles. The summed E-state index contributed by atoms with van der Waals surface area (Å²) in [6, 6.07) is 7.07. The standard InChI is InChI=1S/C20H23F2N7/c1-26-11-14(10-23)13-2-3-16(24)15(8-13)19(25)17-9-18(28-12-27-17)29-6-4-20(21,22)5-7-29/h2-3,8-12,23,25-26H,4-7,24H2,1H3/p+2/b14-11+,23-10?,25-19?. The number of hydrogen-bond acceptors (Lipinski definition) is 5. The number of rotatable bonds is 6. The lowest BCUT2D eigenvalue weighted by atomic mass is 9.98. The van der Waals surface area contributed by atoms with Crippen molar-refractivity contribution >= 4 is 29.0 Å². The maximum absolute atomic E-state index is 13.4. The third-order valence-corrected chi connectivity index (χ3v) is 4.93. The lowest BCUT2D eigenvalue weighted by molar-refractivity contribution is -0.555. The molecule has 152 valence electrons. The maximum Gasteiger partial charge on any atom is 0.251 e. The number of nitrogens with two attached hydrogens (primary N) is 3. The molecule has 0 spiro atoms. The summed E-state index contributed by atoms with van der Waals surface area (Å²) in [6.45, 7) is 0.448. The second-order valence-corrected chi connectivity index (χ2v) is 6.92. The van der Waals surface area contributed by atoms with Crippen LogP contribution >= 0.6 is 0 Å². The van der Waals surface area contributed by atoms with Gasteiger partial charge in [0.2, 0.25) is 5.71 Å². The van der Waals surface area contributed by atoms with Gasteiger partial charge in [0, 0.05) is 43.9 Å². The summed E-state index contributed by atoms with van der Waals surface area (Å²) in [6.07, 6.45) is 4.06. The molecule has 7 N–H and O–H groups in total. The summed E-state index contributed by atoms with van der Waals surface area (Å²) in [5, 5.41) is 15.8. The Balaban J connectivity index is 1.89. The smallest absolute Gasteiger partial charge is 0.251 e. The predicted molar refractivity (Wildman–Crippen MR) is 109 cm³/mol. The number of nitrogens with zero attached hydrogens (tertiary/aromatic N) is 3. The predicted octanol–water partition coefficient (Wildman–Crippen LogP) is 0.0745. The zero-order valence-corrected chi connectivity index (χ0v) is 16.2. The van der Waals surface area contributed by atoms with Gasteiger partial charge in [0.05, 0.1) is 18.2 Å². The van der Waals surface area contributed by atoms with Gasteiger partial charge in [-0.3, -0.25) is 5.41 Å². The molecule has 0 aliphatic carbocycles. The number of halogens is 2. The van der Waals surface area contributed by atoms with Crippen LogP contribution in [0.1, 0.15) is 29.7 Å². The summed E-state index contributed by atoms with van der Waals surface area (Å²) in [5.41, 5.74) is 9.57. The van der Waals surface area contributed by atoms with E-state index in [1.165, 1.54) is 12.5 Å². The van der Waals surface area contributed by atoms with E-state index in [2.05, 4.69) is 9.97 Å². The largest absolute Gasteiger partial charge is 0.398 e. The van der Waals surface area contributed by atoms with Crippen LogP contribution in [0, 0.1) is 5.41 Å². The van der Waals surface area contributed by atoms with Crippen molar-refractivity contribution in [1.82, 2.24) is 9.97 Å². The SMILES string of the molecule is C[NH2+]/C=C(\C=N)c1ccc(N)c(C(=[NH2+])c2cc(N3CCC(F)(F)CC3)ncn2)c1. The average Bonchev–Trinajstić information content (AvgIpc) is 2.72. The summed E-state index contributed by atoms with van der Waals surface area (Å²) < 4.78 is 26.9. The number of quaternary nitrogens is 1. The number of piperidine rings is 1. The van der Waals surface area contributed by atoms with E-state index in [-0.39, 0.29) is 25.9 Å². The molecule has 7 nitrogen and oxygen atoms in total. The molecule has 0 radical (unpaired) electrons. The number of allylic oxidation sites excluding steroid dienone is 1. The quantitative estimate of drug-likeness (QED) is 0.404. The zero-order valence-electron chi connectivity index (χ0n) is 16.2. The van der Waals surface area contributed by atoms with Crippen LogP contribution in [0.3, 0.4) is 0 Å². The Bertz CT molecular complexity index is 946. The molecule has 1 aromatic heterocycles. The van der Waals surface area contributed by atoms with Crippen LogP contribution in [0.5, 0.6) is 0 Å². The van der Waals surface area contributed by atoms with E-state index in [4.69, 9.17) is 16.6 Å². The first kappa shape index (κ1) is 20.5. The number of alkyl halides is 2. The van der Waals surface area contributed by atoms with Crippen LogP contribution in [-0.4, -0.2) is 48.0 Å². The van der Waals surface area contributed by atoms with Crippen molar-refractivity contribution < 1.29 is 19.5 Å². The molecule has 1 fully saturated rings. The van der Waals surface area contributed by atoms with E-state index in [9.17, 15) is 8.78 Å². The highest BCUT2D eigenvalue weighted by molar-refractivity contribution is 6.13. The van der Waals surface area contributed by atoms with Crippen molar-refractivity contribution in [3.8, 4) is 0 Å². The molecule has 0 bridgehead atoms. The number of nitrogen functional groups attached to an aromatic ring is 1. The van der Waals surface area contributed by atoms with Crippen LogP contribution in [0.4, 0.5) is 20.3 Å². The summed E-state index contributed by atoms with van der Waals surface area (Å²) in [7, 11) is 1.88. The van der Waals surface area contributed by atoms with Crippen LogP contribution in [-0.2, 0) is 0 Å². The van der Waals surface area contributed by atoms with Gasteiger partial charge in [0.1, 0.15) is 24.0 Å². The van der Waals surface area contributed by atoms with Crippen molar-refractivity contribution in [2.75, 3.05) is 30.8 Å². The molecule has 29 heavy (non-hydrogen) atoms. The molecule has 1 aliphatic heterocycles. The Morgan fingerprint density at radius 3 is 2.66 bits per heavy atom. The van der Waals surface area contributed by atoms with E-state index in [0.717, 1.165) is 11.1 Å². The van der Waals surface area contributed by atoms with Crippen molar-refractivity contribution in [2.45, 2.75) is 18.8 Å². The van der Waals surface area contributed by atoms with Gasteiger partial charge in [-0.25, -0.2) is 18.7 Å². The highest BCUT2D eigenvalue weighted by atomic mass is 19.3. The van der Waals surface area contributed by atoms with E-state index < -0.39 is 5.92 Å². The summed E-state index contributed by atoms with van der Waals surface area (Å²) in [4.78, 5) is 10.3. The minimum absolute atomic E-state index is 0.201. The molecule has 0 atom stereocenters.